The number of benzene rings is 3. The molecule has 0 bridgehead atoms. The van der Waals surface area contributed by atoms with Gasteiger partial charge in [-0.05, 0) is 23.3 Å². The Hall–Kier alpha value is -3.11. The summed E-state index contributed by atoms with van der Waals surface area (Å²) in [7, 11) is 0. The molecule has 0 radical (unpaired) electrons. The van der Waals surface area contributed by atoms with Crippen LogP contribution in [0.1, 0.15) is 17.2 Å². The minimum absolute atomic E-state index is 0.0290. The summed E-state index contributed by atoms with van der Waals surface area (Å²) in [6, 6.07) is 29.8. The topological polar surface area (TPSA) is 50.4 Å². The van der Waals surface area contributed by atoms with Gasteiger partial charge in [-0.25, -0.2) is 0 Å². The van der Waals surface area contributed by atoms with Gasteiger partial charge in [0.2, 0.25) is 5.91 Å². The molecule has 3 aromatic rings. The van der Waals surface area contributed by atoms with Gasteiger partial charge in [-0.2, -0.15) is 0 Å². The molecule has 0 aromatic heterocycles. The molecule has 4 heteroatoms. The third-order valence-corrected chi connectivity index (χ3v) is 4.17. The van der Waals surface area contributed by atoms with Crippen molar-refractivity contribution in [3.8, 4) is 5.75 Å². The Bertz CT molecular complexity index is 768. The molecule has 0 saturated carbocycles. The van der Waals surface area contributed by atoms with Gasteiger partial charge in [0.1, 0.15) is 12.4 Å². The molecule has 0 aliphatic heterocycles. The van der Waals surface area contributed by atoms with E-state index in [1.54, 1.807) is 0 Å². The van der Waals surface area contributed by atoms with Crippen LogP contribution in [0.5, 0.6) is 5.75 Å². The Labute approximate surface area is 160 Å². The van der Waals surface area contributed by atoms with Gasteiger partial charge in [0, 0.05) is 0 Å². The summed E-state index contributed by atoms with van der Waals surface area (Å²) in [4.78, 5) is 12.2. The maximum absolute atomic E-state index is 12.2. The van der Waals surface area contributed by atoms with Crippen molar-refractivity contribution in [2.75, 3.05) is 19.7 Å². The van der Waals surface area contributed by atoms with Crippen LogP contribution < -0.4 is 15.4 Å². The molecule has 0 atom stereocenters. The molecule has 1 amide bonds. The molecule has 4 nitrogen and oxygen atoms in total. The summed E-state index contributed by atoms with van der Waals surface area (Å²) < 4.78 is 5.59. The number of nitrogens with one attached hydrogen (secondary N) is 2. The van der Waals surface area contributed by atoms with Crippen LogP contribution in [0.2, 0.25) is 0 Å². The Morgan fingerprint density at radius 3 is 1.85 bits per heavy atom. The van der Waals surface area contributed by atoms with Gasteiger partial charge in [0.05, 0.1) is 19.1 Å². The summed E-state index contributed by atoms with van der Waals surface area (Å²) in [5, 5.41) is 6.24. The molecule has 0 saturated heterocycles. The number of carbonyl (C=O) groups is 1. The molecule has 3 rings (SSSR count). The number of amides is 1. The van der Waals surface area contributed by atoms with E-state index in [0.717, 1.165) is 16.9 Å². The first kappa shape index (κ1) is 18.7. The van der Waals surface area contributed by atoms with Gasteiger partial charge < -0.3 is 10.1 Å². The predicted molar refractivity (Wildman–Crippen MR) is 108 cm³/mol. The molecule has 2 N–H and O–H groups in total. The highest BCUT2D eigenvalue weighted by Crippen LogP contribution is 2.21. The summed E-state index contributed by atoms with van der Waals surface area (Å²) >= 11 is 0. The highest BCUT2D eigenvalue weighted by molar-refractivity contribution is 5.78. The summed E-state index contributed by atoms with van der Waals surface area (Å²) in [5.41, 5.74) is 2.26. The molecule has 0 aliphatic carbocycles. The minimum atomic E-state index is -0.0523. The van der Waals surface area contributed by atoms with Crippen LogP contribution in [-0.4, -0.2) is 25.6 Å². The van der Waals surface area contributed by atoms with E-state index >= 15 is 0 Å². The maximum Gasteiger partial charge on any atom is 0.234 e. The lowest BCUT2D eigenvalue weighted by atomic mass is 9.99. The fourth-order valence-corrected chi connectivity index (χ4v) is 2.85. The average molecular weight is 360 g/mol. The van der Waals surface area contributed by atoms with Gasteiger partial charge in [0.25, 0.3) is 0 Å². The molecule has 138 valence electrons. The number of para-hydroxylation sites is 1. The number of hydrogen-bond acceptors (Lipinski definition) is 3. The SMILES string of the molecule is O=C(CNC(c1ccccc1)c1ccccc1)NCCOc1ccccc1. The van der Waals surface area contributed by atoms with Crippen LogP contribution in [0.3, 0.4) is 0 Å². The molecule has 0 fully saturated rings. The monoisotopic (exact) mass is 360 g/mol. The second-order valence-corrected chi connectivity index (χ2v) is 6.15. The van der Waals surface area contributed by atoms with E-state index in [4.69, 9.17) is 4.74 Å². The lowest BCUT2D eigenvalue weighted by Gasteiger charge is -2.19. The van der Waals surface area contributed by atoms with E-state index in [2.05, 4.69) is 34.9 Å². The smallest absolute Gasteiger partial charge is 0.234 e. The molecular formula is C23H24N2O2. The van der Waals surface area contributed by atoms with Gasteiger partial charge >= 0.3 is 0 Å². The predicted octanol–water partition coefficient (Wildman–Crippen LogP) is 3.56. The van der Waals surface area contributed by atoms with Crippen LogP contribution in [0, 0.1) is 0 Å². The normalized spacial score (nSPS) is 10.6. The lowest BCUT2D eigenvalue weighted by molar-refractivity contribution is -0.120. The maximum atomic E-state index is 12.2. The fraction of sp³-hybridized carbons (Fsp3) is 0.174. The van der Waals surface area contributed by atoms with Crippen LogP contribution in [0.4, 0.5) is 0 Å². The van der Waals surface area contributed by atoms with Crippen molar-refractivity contribution in [3.63, 3.8) is 0 Å². The summed E-state index contributed by atoms with van der Waals surface area (Å²) in [6.07, 6.45) is 0. The van der Waals surface area contributed by atoms with Gasteiger partial charge in [-0.3, -0.25) is 10.1 Å². The third-order valence-electron chi connectivity index (χ3n) is 4.17. The van der Waals surface area contributed by atoms with Crippen LogP contribution in [0.25, 0.3) is 0 Å². The Kier molecular flexibility index (Phi) is 7.01. The van der Waals surface area contributed by atoms with Crippen molar-refractivity contribution in [2.24, 2.45) is 0 Å². The molecule has 3 aromatic carbocycles. The second kappa shape index (κ2) is 10.1. The van der Waals surface area contributed by atoms with Crippen molar-refractivity contribution in [2.45, 2.75) is 6.04 Å². The van der Waals surface area contributed by atoms with Crippen molar-refractivity contribution >= 4 is 5.91 Å². The zero-order valence-electron chi connectivity index (χ0n) is 15.2. The van der Waals surface area contributed by atoms with E-state index in [1.807, 2.05) is 66.7 Å². The number of hydrogen-bond donors (Lipinski definition) is 2. The fourth-order valence-electron chi connectivity index (χ4n) is 2.85. The zero-order chi connectivity index (χ0) is 18.7. The van der Waals surface area contributed by atoms with Crippen molar-refractivity contribution in [3.05, 3.63) is 102 Å². The highest BCUT2D eigenvalue weighted by atomic mass is 16.5. The van der Waals surface area contributed by atoms with E-state index < -0.39 is 0 Å². The molecule has 27 heavy (non-hydrogen) atoms. The molecular weight excluding hydrogens is 336 g/mol. The molecule has 0 heterocycles. The van der Waals surface area contributed by atoms with E-state index in [-0.39, 0.29) is 18.5 Å². The van der Waals surface area contributed by atoms with Gasteiger partial charge in [-0.1, -0.05) is 78.9 Å². The molecule has 0 spiro atoms. The quantitative estimate of drug-likeness (QED) is 0.574. The zero-order valence-corrected chi connectivity index (χ0v) is 15.2. The standard InChI is InChI=1S/C23H24N2O2/c26-22(24-16-17-27-21-14-8-3-9-15-21)18-25-23(19-10-4-1-5-11-19)20-12-6-2-7-13-20/h1-15,23,25H,16-18H2,(H,24,26). The van der Waals surface area contributed by atoms with E-state index in [1.165, 1.54) is 0 Å². The number of carbonyl (C=O) groups excluding carboxylic acids is 1. The molecule has 0 unspecified atom stereocenters. The Balaban J connectivity index is 1.49. The van der Waals surface area contributed by atoms with Crippen molar-refractivity contribution in [1.29, 1.82) is 0 Å². The van der Waals surface area contributed by atoms with Gasteiger partial charge in [0.15, 0.2) is 0 Å². The lowest BCUT2D eigenvalue weighted by Crippen LogP contribution is -2.37. The first-order chi connectivity index (χ1) is 13.3. The van der Waals surface area contributed by atoms with Gasteiger partial charge in [-0.15, -0.1) is 0 Å². The Morgan fingerprint density at radius 2 is 1.30 bits per heavy atom. The summed E-state index contributed by atoms with van der Waals surface area (Å²) in [5.74, 6) is 0.751. The number of ether oxygens (including phenoxy) is 1. The average Bonchev–Trinajstić information content (AvgIpc) is 2.74. The first-order valence-electron chi connectivity index (χ1n) is 9.11. The van der Waals surface area contributed by atoms with Crippen LogP contribution in [0.15, 0.2) is 91.0 Å². The Morgan fingerprint density at radius 1 is 0.778 bits per heavy atom. The van der Waals surface area contributed by atoms with Crippen molar-refractivity contribution < 1.29 is 9.53 Å². The minimum Gasteiger partial charge on any atom is -0.492 e. The highest BCUT2D eigenvalue weighted by Gasteiger charge is 2.14. The number of rotatable bonds is 9. The molecule has 0 aliphatic rings. The van der Waals surface area contributed by atoms with Crippen LogP contribution >= 0.6 is 0 Å². The third kappa shape index (κ3) is 5.97. The second-order valence-electron chi connectivity index (χ2n) is 6.15. The largest absolute Gasteiger partial charge is 0.492 e. The van der Waals surface area contributed by atoms with Crippen molar-refractivity contribution in [1.82, 2.24) is 10.6 Å². The van der Waals surface area contributed by atoms with E-state index in [9.17, 15) is 4.79 Å². The first-order valence-corrected chi connectivity index (χ1v) is 9.11. The van der Waals surface area contributed by atoms with Crippen LogP contribution in [-0.2, 0) is 4.79 Å². The summed E-state index contributed by atoms with van der Waals surface area (Å²) in [6.45, 7) is 1.15. The van der Waals surface area contributed by atoms with E-state index in [0.29, 0.717) is 13.2 Å².